The highest BCUT2D eigenvalue weighted by molar-refractivity contribution is 5.53. The summed E-state index contributed by atoms with van der Waals surface area (Å²) in [6.07, 6.45) is 4.99. The van der Waals surface area contributed by atoms with Crippen molar-refractivity contribution in [3.8, 4) is 17.6 Å². The lowest BCUT2D eigenvalue weighted by molar-refractivity contribution is 0.146. The van der Waals surface area contributed by atoms with Gasteiger partial charge in [0.2, 0.25) is 0 Å². The number of fused-ring (bicyclic) bond motifs is 3. The van der Waals surface area contributed by atoms with Crippen LogP contribution in [0.3, 0.4) is 0 Å². The Hall–Kier alpha value is -1.73. The summed E-state index contributed by atoms with van der Waals surface area (Å²) >= 11 is 0. The van der Waals surface area contributed by atoms with Crippen molar-refractivity contribution in [2.45, 2.75) is 44.1 Å². The monoisotopic (exact) mass is 298 g/mol. The van der Waals surface area contributed by atoms with Gasteiger partial charge >= 0.3 is 0 Å². The summed E-state index contributed by atoms with van der Waals surface area (Å²) in [5.41, 5.74) is 2.97. The number of hydrogen-bond acceptors (Lipinski definition) is 4. The topological polar surface area (TPSA) is 45.5 Å². The van der Waals surface area contributed by atoms with Gasteiger partial charge in [-0.15, -0.1) is 0 Å². The third-order valence-electron chi connectivity index (χ3n) is 5.62. The van der Waals surface area contributed by atoms with E-state index in [0.717, 1.165) is 18.0 Å². The van der Waals surface area contributed by atoms with Crippen molar-refractivity contribution < 1.29 is 9.47 Å². The van der Waals surface area contributed by atoms with Gasteiger partial charge < -0.3 is 9.47 Å². The summed E-state index contributed by atoms with van der Waals surface area (Å²) in [7, 11) is 0. The van der Waals surface area contributed by atoms with E-state index in [1.54, 1.807) is 0 Å². The van der Waals surface area contributed by atoms with Crippen molar-refractivity contribution in [1.29, 1.82) is 5.26 Å². The largest absolute Gasteiger partial charge is 0.486 e. The fourth-order valence-corrected chi connectivity index (χ4v) is 4.48. The van der Waals surface area contributed by atoms with Gasteiger partial charge in [-0.1, -0.05) is 12.8 Å². The van der Waals surface area contributed by atoms with Crippen LogP contribution in [-0.4, -0.2) is 31.2 Å². The lowest BCUT2D eigenvalue weighted by Gasteiger charge is -2.45. The van der Waals surface area contributed by atoms with Gasteiger partial charge in [-0.3, -0.25) is 4.90 Å². The smallest absolute Gasteiger partial charge is 0.161 e. The van der Waals surface area contributed by atoms with Gasteiger partial charge in [0.1, 0.15) is 13.2 Å². The van der Waals surface area contributed by atoms with Gasteiger partial charge in [0.15, 0.2) is 11.5 Å². The minimum absolute atomic E-state index is 0.203. The molecule has 22 heavy (non-hydrogen) atoms. The number of hydrogen-bond donors (Lipinski definition) is 0. The van der Waals surface area contributed by atoms with E-state index in [1.807, 2.05) is 0 Å². The average molecular weight is 298 g/mol. The van der Waals surface area contributed by atoms with E-state index < -0.39 is 0 Å². The van der Waals surface area contributed by atoms with Crippen molar-refractivity contribution in [3.63, 3.8) is 0 Å². The normalized spacial score (nSPS) is 25.7. The fraction of sp³-hybridized carbons (Fsp3) is 0.611. The van der Waals surface area contributed by atoms with Crippen LogP contribution in [0, 0.1) is 11.3 Å². The van der Waals surface area contributed by atoms with Crippen molar-refractivity contribution in [2.75, 3.05) is 26.3 Å². The molecule has 1 atom stereocenters. The highest BCUT2D eigenvalue weighted by Gasteiger charge is 2.44. The first-order chi connectivity index (χ1) is 10.7. The number of benzene rings is 1. The Morgan fingerprint density at radius 3 is 2.59 bits per heavy atom. The lowest BCUT2D eigenvalue weighted by atomic mass is 9.71. The summed E-state index contributed by atoms with van der Waals surface area (Å²) in [4.78, 5) is 2.32. The molecular formula is C18H22N2O2. The van der Waals surface area contributed by atoms with Crippen molar-refractivity contribution in [3.05, 3.63) is 23.3 Å². The summed E-state index contributed by atoms with van der Waals surface area (Å²) in [5, 5.41) is 9.17. The molecule has 3 aliphatic rings. The first-order valence-corrected chi connectivity index (χ1v) is 8.28. The molecule has 1 aromatic rings. The molecule has 1 unspecified atom stereocenters. The molecule has 0 amide bonds. The van der Waals surface area contributed by atoms with E-state index >= 15 is 0 Å². The quantitative estimate of drug-likeness (QED) is 0.747. The standard InChI is InChI=1S/C18H22N2O2/c1-13-14-10-16-17(22-9-8-21-16)11-15(14)18(4-2-3-5-18)12-20(13)7-6-19/h10-11,13H,2-5,7-9,12H2,1H3. The minimum atomic E-state index is 0.203. The zero-order valence-corrected chi connectivity index (χ0v) is 13.1. The molecule has 1 spiro atoms. The maximum absolute atomic E-state index is 9.17. The van der Waals surface area contributed by atoms with E-state index in [2.05, 4.69) is 30.0 Å². The predicted molar refractivity (Wildman–Crippen MR) is 83.2 cm³/mol. The first kappa shape index (κ1) is 13.9. The minimum Gasteiger partial charge on any atom is -0.486 e. The third kappa shape index (κ3) is 1.99. The molecule has 1 aromatic carbocycles. The number of ether oxygens (including phenoxy) is 2. The number of nitrogens with zero attached hydrogens (tertiary/aromatic N) is 2. The Morgan fingerprint density at radius 1 is 1.23 bits per heavy atom. The second kappa shape index (κ2) is 5.17. The van der Waals surface area contributed by atoms with E-state index in [1.165, 1.54) is 36.8 Å². The van der Waals surface area contributed by atoms with E-state index in [4.69, 9.17) is 9.47 Å². The molecule has 4 heteroatoms. The van der Waals surface area contributed by atoms with Crippen molar-refractivity contribution in [1.82, 2.24) is 4.90 Å². The second-order valence-electron chi connectivity index (χ2n) is 6.81. The SMILES string of the molecule is CC1c2cc3c(cc2C2(CCCC2)CN1CC#N)OCCO3. The molecule has 1 fully saturated rings. The summed E-state index contributed by atoms with van der Waals surface area (Å²) in [6, 6.07) is 6.99. The van der Waals surface area contributed by atoms with Crippen LogP contribution in [0.2, 0.25) is 0 Å². The highest BCUT2D eigenvalue weighted by Crippen LogP contribution is 2.51. The van der Waals surface area contributed by atoms with Crippen LogP contribution in [0.15, 0.2) is 12.1 Å². The van der Waals surface area contributed by atoms with Crippen LogP contribution < -0.4 is 9.47 Å². The second-order valence-corrected chi connectivity index (χ2v) is 6.81. The summed E-state index contributed by atoms with van der Waals surface area (Å²) in [6.45, 7) is 4.95. The Morgan fingerprint density at radius 2 is 1.91 bits per heavy atom. The first-order valence-electron chi connectivity index (χ1n) is 8.28. The van der Waals surface area contributed by atoms with Gasteiger partial charge in [0.05, 0.1) is 12.6 Å². The van der Waals surface area contributed by atoms with E-state index in [9.17, 15) is 5.26 Å². The Bertz CT molecular complexity index is 629. The molecule has 0 aromatic heterocycles. The lowest BCUT2D eigenvalue weighted by Crippen LogP contribution is -2.46. The van der Waals surface area contributed by atoms with Gasteiger partial charge in [-0.2, -0.15) is 5.26 Å². The molecule has 1 aliphatic carbocycles. The van der Waals surface area contributed by atoms with Crippen LogP contribution in [-0.2, 0) is 5.41 Å². The molecule has 2 aliphatic heterocycles. The van der Waals surface area contributed by atoms with Gasteiger partial charge in [-0.25, -0.2) is 0 Å². The average Bonchev–Trinajstić information content (AvgIpc) is 3.01. The molecule has 4 nitrogen and oxygen atoms in total. The summed E-state index contributed by atoms with van der Waals surface area (Å²) in [5.74, 6) is 1.76. The van der Waals surface area contributed by atoms with Crippen LogP contribution >= 0.6 is 0 Å². The summed E-state index contributed by atoms with van der Waals surface area (Å²) < 4.78 is 11.6. The number of rotatable bonds is 1. The van der Waals surface area contributed by atoms with Crippen LogP contribution in [0.4, 0.5) is 0 Å². The zero-order chi connectivity index (χ0) is 15.2. The highest BCUT2D eigenvalue weighted by atomic mass is 16.6. The van der Waals surface area contributed by atoms with Gasteiger partial charge in [0.25, 0.3) is 0 Å². The van der Waals surface area contributed by atoms with Crippen molar-refractivity contribution in [2.24, 2.45) is 0 Å². The fourth-order valence-electron chi connectivity index (χ4n) is 4.48. The molecule has 0 radical (unpaired) electrons. The number of nitriles is 1. The molecule has 0 N–H and O–H groups in total. The van der Waals surface area contributed by atoms with Gasteiger partial charge in [0, 0.05) is 18.0 Å². The molecule has 1 saturated carbocycles. The van der Waals surface area contributed by atoms with Gasteiger partial charge in [-0.05, 0) is 43.0 Å². The third-order valence-corrected chi connectivity index (χ3v) is 5.62. The molecule has 4 rings (SSSR count). The van der Waals surface area contributed by atoms with Crippen LogP contribution in [0.5, 0.6) is 11.5 Å². The molecule has 116 valence electrons. The van der Waals surface area contributed by atoms with E-state index in [0.29, 0.717) is 19.8 Å². The maximum Gasteiger partial charge on any atom is 0.161 e. The van der Waals surface area contributed by atoms with Crippen LogP contribution in [0.25, 0.3) is 0 Å². The Kier molecular flexibility index (Phi) is 3.27. The Balaban J connectivity index is 1.85. The van der Waals surface area contributed by atoms with Crippen LogP contribution in [0.1, 0.15) is 49.8 Å². The predicted octanol–water partition coefficient (Wildman–Crippen LogP) is 3.17. The van der Waals surface area contributed by atoms with E-state index in [-0.39, 0.29) is 11.5 Å². The molecular weight excluding hydrogens is 276 g/mol. The molecule has 2 heterocycles. The molecule has 0 bridgehead atoms. The Labute approximate surface area is 131 Å². The zero-order valence-electron chi connectivity index (χ0n) is 13.1. The van der Waals surface area contributed by atoms with Crippen molar-refractivity contribution >= 4 is 0 Å². The maximum atomic E-state index is 9.17. The molecule has 0 saturated heterocycles.